The minimum atomic E-state index is 0.519. The highest BCUT2D eigenvalue weighted by molar-refractivity contribution is 5.36. The highest BCUT2D eigenvalue weighted by Gasteiger charge is 2.28. The third kappa shape index (κ3) is 2.93. The first-order valence-electron chi connectivity index (χ1n) is 9.02. The number of methoxy groups -OCH3 is 1. The van der Waals surface area contributed by atoms with Gasteiger partial charge in [0, 0.05) is 32.0 Å². The number of hydrogen-bond donors (Lipinski definition) is 0. The second-order valence-corrected chi connectivity index (χ2v) is 7.11. The Labute approximate surface area is 143 Å². The first-order chi connectivity index (χ1) is 11.7. The van der Waals surface area contributed by atoms with Crippen molar-refractivity contribution in [2.24, 2.45) is 0 Å². The Kier molecular flexibility index (Phi) is 4.27. The van der Waals surface area contributed by atoms with Crippen LogP contribution in [0.25, 0.3) is 0 Å². The smallest absolute Gasteiger partial charge is 0.137 e. The number of likely N-dealkylation sites (tertiary alicyclic amines) is 1. The van der Waals surface area contributed by atoms with E-state index in [0.29, 0.717) is 5.92 Å². The maximum absolute atomic E-state index is 5.47. The van der Waals surface area contributed by atoms with Gasteiger partial charge in [-0.05, 0) is 49.9 Å². The summed E-state index contributed by atoms with van der Waals surface area (Å²) < 4.78 is 7.83. The van der Waals surface area contributed by atoms with Crippen molar-refractivity contribution in [2.75, 3.05) is 20.2 Å². The molecule has 2 aromatic rings. The molecule has 0 unspecified atom stereocenters. The summed E-state index contributed by atoms with van der Waals surface area (Å²) in [6, 6.07) is 6.55. The van der Waals surface area contributed by atoms with Crippen molar-refractivity contribution >= 4 is 0 Å². The van der Waals surface area contributed by atoms with Crippen LogP contribution in [0.5, 0.6) is 5.75 Å². The molecule has 3 heterocycles. The first-order valence-corrected chi connectivity index (χ1v) is 9.02. The Bertz CT molecular complexity index is 724. The third-order valence-electron chi connectivity index (χ3n) is 5.39. The molecule has 1 saturated heterocycles. The number of benzene rings is 1. The van der Waals surface area contributed by atoms with Crippen LogP contribution < -0.4 is 4.74 Å². The summed E-state index contributed by atoms with van der Waals surface area (Å²) in [6.07, 6.45) is 4.77. The van der Waals surface area contributed by atoms with Gasteiger partial charge < -0.3 is 9.30 Å². The lowest BCUT2D eigenvalue weighted by Crippen LogP contribution is -2.34. The minimum Gasteiger partial charge on any atom is -0.496 e. The number of hydrogen-bond acceptors (Lipinski definition) is 4. The molecule has 4 rings (SSSR count). The Morgan fingerprint density at radius 2 is 2.12 bits per heavy atom. The molecule has 24 heavy (non-hydrogen) atoms. The summed E-state index contributed by atoms with van der Waals surface area (Å²) >= 11 is 0. The fraction of sp³-hybridized carbons (Fsp3) is 0.579. The summed E-state index contributed by atoms with van der Waals surface area (Å²) in [6.45, 7) is 6.41. The molecule has 0 N–H and O–H groups in total. The molecule has 0 aliphatic carbocycles. The zero-order valence-electron chi connectivity index (χ0n) is 14.7. The highest BCUT2D eigenvalue weighted by Crippen LogP contribution is 2.29. The lowest BCUT2D eigenvalue weighted by Gasteiger charge is -2.32. The second-order valence-electron chi connectivity index (χ2n) is 7.11. The van der Waals surface area contributed by atoms with Gasteiger partial charge in [0.15, 0.2) is 0 Å². The Morgan fingerprint density at radius 1 is 1.21 bits per heavy atom. The van der Waals surface area contributed by atoms with E-state index in [0.717, 1.165) is 38.3 Å². The molecule has 1 aromatic carbocycles. The van der Waals surface area contributed by atoms with Crippen molar-refractivity contribution < 1.29 is 4.74 Å². The number of nitrogens with zero attached hydrogens (tertiary/aromatic N) is 4. The SMILES string of the molecule is COc1cc(CN2CCC[C@@H](c3nnc4n3CCC4)C2)ccc1C. The first kappa shape index (κ1) is 15.6. The van der Waals surface area contributed by atoms with E-state index in [1.807, 2.05) is 0 Å². The van der Waals surface area contributed by atoms with Crippen LogP contribution in [0.4, 0.5) is 0 Å². The molecule has 0 radical (unpaired) electrons. The minimum absolute atomic E-state index is 0.519. The largest absolute Gasteiger partial charge is 0.496 e. The van der Waals surface area contributed by atoms with Crippen molar-refractivity contribution in [1.82, 2.24) is 19.7 Å². The van der Waals surface area contributed by atoms with Crippen LogP contribution in [-0.4, -0.2) is 39.9 Å². The van der Waals surface area contributed by atoms with Gasteiger partial charge in [0.1, 0.15) is 17.4 Å². The maximum Gasteiger partial charge on any atom is 0.137 e. The van der Waals surface area contributed by atoms with E-state index in [2.05, 4.69) is 44.8 Å². The number of rotatable bonds is 4. The van der Waals surface area contributed by atoms with Crippen LogP contribution >= 0.6 is 0 Å². The monoisotopic (exact) mass is 326 g/mol. The van der Waals surface area contributed by atoms with Crippen molar-refractivity contribution in [3.63, 3.8) is 0 Å². The maximum atomic E-state index is 5.47. The summed E-state index contributed by atoms with van der Waals surface area (Å²) in [5.41, 5.74) is 2.52. The van der Waals surface area contributed by atoms with E-state index in [9.17, 15) is 0 Å². The van der Waals surface area contributed by atoms with Crippen LogP contribution in [-0.2, 0) is 19.5 Å². The van der Waals surface area contributed by atoms with Gasteiger partial charge in [-0.2, -0.15) is 0 Å². The zero-order valence-corrected chi connectivity index (χ0v) is 14.7. The molecule has 0 spiro atoms. The third-order valence-corrected chi connectivity index (χ3v) is 5.39. The fourth-order valence-electron chi connectivity index (χ4n) is 4.11. The number of ether oxygens (including phenoxy) is 1. The zero-order chi connectivity index (χ0) is 16.5. The Balaban J connectivity index is 1.47. The fourth-order valence-corrected chi connectivity index (χ4v) is 4.11. The molecule has 0 saturated carbocycles. The molecular weight excluding hydrogens is 300 g/mol. The summed E-state index contributed by atoms with van der Waals surface area (Å²) in [5.74, 6) is 3.90. The average Bonchev–Trinajstić information content (AvgIpc) is 3.20. The van der Waals surface area contributed by atoms with Crippen molar-refractivity contribution in [3.05, 3.63) is 41.0 Å². The van der Waals surface area contributed by atoms with E-state index in [1.54, 1.807) is 7.11 Å². The number of fused-ring (bicyclic) bond motifs is 1. The lowest BCUT2D eigenvalue weighted by atomic mass is 9.96. The molecule has 128 valence electrons. The van der Waals surface area contributed by atoms with E-state index >= 15 is 0 Å². The van der Waals surface area contributed by atoms with Crippen LogP contribution in [0.15, 0.2) is 18.2 Å². The molecule has 1 fully saturated rings. The normalized spacial score (nSPS) is 21.0. The van der Waals surface area contributed by atoms with Gasteiger partial charge >= 0.3 is 0 Å². The Morgan fingerprint density at radius 3 is 3.00 bits per heavy atom. The standard InChI is InChI=1S/C19H26N4O/c1-14-7-8-15(11-17(14)24-2)12-22-9-3-5-16(13-22)19-21-20-18-6-4-10-23(18)19/h7-8,11,16H,3-6,9-10,12-13H2,1-2H3/t16-/m1/s1. The van der Waals surface area contributed by atoms with Gasteiger partial charge in [-0.1, -0.05) is 12.1 Å². The number of piperidine rings is 1. The van der Waals surface area contributed by atoms with Crippen LogP contribution in [0.3, 0.4) is 0 Å². The molecule has 0 bridgehead atoms. The average molecular weight is 326 g/mol. The van der Waals surface area contributed by atoms with Crippen LogP contribution in [0.1, 0.15) is 48.0 Å². The van der Waals surface area contributed by atoms with E-state index in [1.165, 1.54) is 42.0 Å². The van der Waals surface area contributed by atoms with E-state index in [-0.39, 0.29) is 0 Å². The van der Waals surface area contributed by atoms with Crippen molar-refractivity contribution in [2.45, 2.75) is 51.6 Å². The molecular formula is C19H26N4O. The van der Waals surface area contributed by atoms with Crippen molar-refractivity contribution in [3.8, 4) is 5.75 Å². The van der Waals surface area contributed by atoms with Gasteiger partial charge in [0.05, 0.1) is 7.11 Å². The van der Waals surface area contributed by atoms with Gasteiger partial charge in [-0.15, -0.1) is 10.2 Å². The van der Waals surface area contributed by atoms with Gasteiger partial charge in [0.25, 0.3) is 0 Å². The van der Waals surface area contributed by atoms with E-state index in [4.69, 9.17) is 4.74 Å². The topological polar surface area (TPSA) is 43.2 Å². The molecule has 0 amide bonds. The Hall–Kier alpha value is -1.88. The quantitative estimate of drug-likeness (QED) is 0.866. The summed E-state index contributed by atoms with van der Waals surface area (Å²) in [4.78, 5) is 2.55. The molecule has 2 aliphatic rings. The lowest BCUT2D eigenvalue weighted by molar-refractivity contribution is 0.194. The predicted octanol–water partition coefficient (Wildman–Crippen LogP) is 2.92. The molecule has 5 heteroatoms. The highest BCUT2D eigenvalue weighted by atomic mass is 16.5. The van der Waals surface area contributed by atoms with Crippen LogP contribution in [0, 0.1) is 6.92 Å². The molecule has 1 atom stereocenters. The van der Waals surface area contributed by atoms with Crippen molar-refractivity contribution in [1.29, 1.82) is 0 Å². The van der Waals surface area contributed by atoms with E-state index < -0.39 is 0 Å². The van der Waals surface area contributed by atoms with Gasteiger partial charge in [0.2, 0.25) is 0 Å². The number of aryl methyl sites for hydroxylation is 2. The van der Waals surface area contributed by atoms with Gasteiger partial charge in [-0.3, -0.25) is 4.90 Å². The predicted molar refractivity (Wildman–Crippen MR) is 93.3 cm³/mol. The summed E-state index contributed by atoms with van der Waals surface area (Å²) in [5, 5.41) is 8.90. The molecule has 2 aliphatic heterocycles. The van der Waals surface area contributed by atoms with Gasteiger partial charge in [-0.25, -0.2) is 0 Å². The van der Waals surface area contributed by atoms with Crippen LogP contribution in [0.2, 0.25) is 0 Å². The molecule has 5 nitrogen and oxygen atoms in total. The second kappa shape index (κ2) is 6.55. The summed E-state index contributed by atoms with van der Waals surface area (Å²) in [7, 11) is 1.74. The number of aromatic nitrogens is 3. The molecule has 1 aromatic heterocycles.